The Hall–Kier alpha value is -2.50. The first-order chi connectivity index (χ1) is 7.74. The van der Waals surface area contributed by atoms with Gasteiger partial charge in [0.05, 0.1) is 5.52 Å². The second-order valence-electron chi connectivity index (χ2n) is 2.89. The van der Waals surface area contributed by atoms with Crippen LogP contribution in [-0.2, 0) is 9.53 Å². The van der Waals surface area contributed by atoms with Gasteiger partial charge in [0, 0.05) is 12.4 Å². The fraction of sp³-hybridized carbons (Fsp3) is 0. The summed E-state index contributed by atoms with van der Waals surface area (Å²) >= 11 is 0. The van der Waals surface area contributed by atoms with E-state index < -0.39 is 5.97 Å². The lowest BCUT2D eigenvalue weighted by Crippen LogP contribution is -2.04. The molecule has 1 aromatic carbocycles. The molecule has 0 amide bonds. The number of carbonyl (C=O) groups is 2. The third-order valence-corrected chi connectivity index (χ3v) is 1.99. The predicted octanol–water partition coefficient (Wildman–Crippen LogP) is 0.649. The predicted molar refractivity (Wildman–Crippen MR) is 52.7 cm³/mol. The summed E-state index contributed by atoms with van der Waals surface area (Å²) in [6, 6.07) is 2.82. The van der Waals surface area contributed by atoms with Gasteiger partial charge in [-0.2, -0.15) is 0 Å². The molecule has 0 fully saturated rings. The highest BCUT2D eigenvalue weighted by atomic mass is 16.6. The molecule has 0 aliphatic rings. The molecular formula is C10H6N2O4. The Morgan fingerprint density at radius 2 is 2.06 bits per heavy atom. The van der Waals surface area contributed by atoms with Crippen molar-refractivity contribution in [3.05, 3.63) is 30.1 Å². The minimum absolute atomic E-state index is 0.00262. The first-order valence-electron chi connectivity index (χ1n) is 4.31. The Kier molecular flexibility index (Phi) is 2.47. The number of rotatable bonds is 2. The summed E-state index contributed by atoms with van der Waals surface area (Å²) in [5.74, 6) is -1.28. The van der Waals surface area contributed by atoms with Gasteiger partial charge in [0.1, 0.15) is 11.1 Å². The van der Waals surface area contributed by atoms with Crippen molar-refractivity contribution in [3.63, 3.8) is 0 Å². The van der Waals surface area contributed by atoms with Gasteiger partial charge in [0.25, 0.3) is 0 Å². The van der Waals surface area contributed by atoms with Crippen molar-refractivity contribution in [1.82, 2.24) is 9.97 Å². The molecule has 6 nitrogen and oxygen atoms in total. The monoisotopic (exact) mass is 218 g/mol. The Bertz CT molecular complexity index is 568. The summed E-state index contributed by atoms with van der Waals surface area (Å²) in [6.45, 7) is 0.00262. The second kappa shape index (κ2) is 3.93. The van der Waals surface area contributed by atoms with Gasteiger partial charge in [-0.15, -0.1) is 0 Å². The molecule has 6 heteroatoms. The summed E-state index contributed by atoms with van der Waals surface area (Å²) in [5.41, 5.74) is 0.505. The molecule has 0 aliphatic heterocycles. The van der Waals surface area contributed by atoms with E-state index >= 15 is 0 Å². The van der Waals surface area contributed by atoms with Crippen LogP contribution in [0.25, 0.3) is 11.0 Å². The molecule has 2 rings (SSSR count). The van der Waals surface area contributed by atoms with Gasteiger partial charge < -0.3 is 9.84 Å². The van der Waals surface area contributed by atoms with Crippen molar-refractivity contribution >= 4 is 23.5 Å². The quantitative estimate of drug-likeness (QED) is 0.452. The fourth-order valence-electron chi connectivity index (χ4n) is 1.29. The summed E-state index contributed by atoms with van der Waals surface area (Å²) in [6.07, 6.45) is 2.85. The zero-order valence-electron chi connectivity index (χ0n) is 7.95. The number of nitrogens with zero attached hydrogens (tertiary/aromatic N) is 2. The third-order valence-electron chi connectivity index (χ3n) is 1.99. The molecule has 0 saturated heterocycles. The zero-order chi connectivity index (χ0) is 11.5. The number of aromatic hydroxyl groups is 1. The van der Waals surface area contributed by atoms with Crippen LogP contribution >= 0.6 is 0 Å². The van der Waals surface area contributed by atoms with Gasteiger partial charge in [-0.3, -0.25) is 9.78 Å². The summed E-state index contributed by atoms with van der Waals surface area (Å²) in [5, 5.41) is 9.73. The maximum Gasteiger partial charge on any atom is 0.349 e. The molecule has 1 N–H and O–H groups in total. The lowest BCUT2D eigenvalue weighted by molar-refractivity contribution is -0.123. The molecule has 0 spiro atoms. The van der Waals surface area contributed by atoms with E-state index in [0.717, 1.165) is 0 Å². The molecule has 0 radical (unpaired) electrons. The summed E-state index contributed by atoms with van der Waals surface area (Å²) < 4.78 is 4.13. The van der Waals surface area contributed by atoms with E-state index in [1.165, 1.54) is 24.5 Å². The van der Waals surface area contributed by atoms with E-state index in [4.69, 9.17) is 0 Å². The van der Waals surface area contributed by atoms with Crippen molar-refractivity contribution in [2.75, 3.05) is 0 Å². The van der Waals surface area contributed by atoms with Crippen LogP contribution in [0.1, 0.15) is 10.4 Å². The average Bonchev–Trinajstić information content (AvgIpc) is 2.30. The molecule has 0 saturated carbocycles. The lowest BCUT2D eigenvalue weighted by atomic mass is 10.1. The number of carbonyl (C=O) groups excluding carboxylic acids is 2. The van der Waals surface area contributed by atoms with Crippen molar-refractivity contribution in [3.8, 4) is 5.75 Å². The third kappa shape index (κ3) is 1.56. The molecule has 1 heterocycles. The Morgan fingerprint density at radius 3 is 2.81 bits per heavy atom. The smallest absolute Gasteiger partial charge is 0.349 e. The van der Waals surface area contributed by atoms with Crippen molar-refractivity contribution < 1.29 is 19.4 Å². The maximum absolute atomic E-state index is 11.2. The lowest BCUT2D eigenvalue weighted by Gasteiger charge is -2.03. The van der Waals surface area contributed by atoms with E-state index in [-0.39, 0.29) is 23.3 Å². The van der Waals surface area contributed by atoms with E-state index in [9.17, 15) is 14.7 Å². The number of phenols is 1. The largest absolute Gasteiger partial charge is 0.505 e. The number of fused-ring (bicyclic) bond motifs is 1. The molecule has 80 valence electrons. The van der Waals surface area contributed by atoms with Gasteiger partial charge in [-0.05, 0) is 12.1 Å². The maximum atomic E-state index is 11.2. The number of ether oxygens (including phenoxy) is 1. The van der Waals surface area contributed by atoms with Crippen LogP contribution in [-0.4, -0.2) is 27.5 Å². The number of phenolic OH excluding ortho intramolecular Hbond substituents is 1. The molecule has 1 aromatic heterocycles. The fourth-order valence-corrected chi connectivity index (χ4v) is 1.29. The minimum Gasteiger partial charge on any atom is -0.505 e. The van der Waals surface area contributed by atoms with Crippen LogP contribution in [0.5, 0.6) is 5.75 Å². The number of esters is 1. The van der Waals surface area contributed by atoms with E-state index in [2.05, 4.69) is 14.7 Å². The highest BCUT2D eigenvalue weighted by molar-refractivity contribution is 6.00. The summed E-state index contributed by atoms with van der Waals surface area (Å²) in [4.78, 5) is 29.1. The van der Waals surface area contributed by atoms with Gasteiger partial charge >= 0.3 is 12.4 Å². The van der Waals surface area contributed by atoms with Crippen LogP contribution in [0, 0.1) is 0 Å². The number of benzene rings is 1. The van der Waals surface area contributed by atoms with Crippen molar-refractivity contribution in [2.45, 2.75) is 0 Å². The number of aromatic nitrogens is 2. The number of hydrogen-bond acceptors (Lipinski definition) is 6. The SMILES string of the molecule is O=COC(=O)c1ccc2nccnc2c1O. The topological polar surface area (TPSA) is 89.4 Å². The van der Waals surface area contributed by atoms with Crippen molar-refractivity contribution in [2.24, 2.45) is 0 Å². The average molecular weight is 218 g/mol. The highest BCUT2D eigenvalue weighted by Gasteiger charge is 2.15. The van der Waals surface area contributed by atoms with Gasteiger partial charge in [0.2, 0.25) is 0 Å². The Balaban J connectivity index is 2.60. The molecular weight excluding hydrogens is 212 g/mol. The Morgan fingerprint density at radius 1 is 1.31 bits per heavy atom. The van der Waals surface area contributed by atoms with Crippen LogP contribution in [0.3, 0.4) is 0 Å². The molecule has 16 heavy (non-hydrogen) atoms. The normalized spacial score (nSPS) is 10.0. The van der Waals surface area contributed by atoms with E-state index in [1.807, 2.05) is 0 Å². The van der Waals surface area contributed by atoms with Crippen molar-refractivity contribution in [1.29, 1.82) is 0 Å². The Labute approximate surface area is 89.5 Å². The number of hydrogen-bond donors (Lipinski definition) is 1. The van der Waals surface area contributed by atoms with Gasteiger partial charge in [-0.25, -0.2) is 9.78 Å². The van der Waals surface area contributed by atoms with Gasteiger partial charge in [-0.1, -0.05) is 0 Å². The molecule has 0 aliphatic carbocycles. The zero-order valence-corrected chi connectivity index (χ0v) is 7.95. The molecule has 2 aromatic rings. The van der Waals surface area contributed by atoms with Crippen LogP contribution in [0.4, 0.5) is 0 Å². The molecule has 0 atom stereocenters. The van der Waals surface area contributed by atoms with Crippen LogP contribution < -0.4 is 0 Å². The minimum atomic E-state index is -0.931. The second-order valence-corrected chi connectivity index (χ2v) is 2.89. The molecule has 0 unspecified atom stereocenters. The first kappa shape index (κ1) is 10.0. The highest BCUT2D eigenvalue weighted by Crippen LogP contribution is 2.25. The summed E-state index contributed by atoms with van der Waals surface area (Å²) in [7, 11) is 0. The standard InChI is InChI=1S/C10H6N2O4/c13-5-16-10(15)6-1-2-7-8(9(6)14)12-4-3-11-7/h1-5,14H. The van der Waals surface area contributed by atoms with E-state index in [0.29, 0.717) is 5.52 Å². The van der Waals surface area contributed by atoms with Crippen LogP contribution in [0.2, 0.25) is 0 Å². The van der Waals surface area contributed by atoms with Crippen LogP contribution in [0.15, 0.2) is 24.5 Å². The van der Waals surface area contributed by atoms with Gasteiger partial charge in [0.15, 0.2) is 5.75 Å². The molecule has 0 bridgehead atoms. The van der Waals surface area contributed by atoms with E-state index in [1.54, 1.807) is 0 Å². The first-order valence-corrected chi connectivity index (χ1v) is 4.31.